The van der Waals surface area contributed by atoms with Crippen molar-refractivity contribution in [1.82, 2.24) is 0 Å². The summed E-state index contributed by atoms with van der Waals surface area (Å²) >= 11 is 1.42. The Kier molecular flexibility index (Phi) is 4.20. The predicted molar refractivity (Wildman–Crippen MR) is 103 cm³/mol. The summed E-state index contributed by atoms with van der Waals surface area (Å²) in [5.41, 5.74) is 1.56. The van der Waals surface area contributed by atoms with Gasteiger partial charge in [0, 0.05) is 23.4 Å². The standard InChI is InChI=1S/C20H17FN2O2S/c1-12-14-5-2-3-6-17(14)26-19(12)20(25)22-13-8-9-16(15(21)11-13)23-10-4-7-18(23)24/h2-3,5-6,8-9,11H,4,7,10H2,1H3,(H,22,25). The van der Waals surface area contributed by atoms with E-state index in [0.29, 0.717) is 23.5 Å². The van der Waals surface area contributed by atoms with Crippen LogP contribution < -0.4 is 10.2 Å². The third kappa shape index (κ3) is 2.86. The first-order valence-electron chi connectivity index (χ1n) is 8.44. The van der Waals surface area contributed by atoms with Crippen LogP contribution in [0.5, 0.6) is 0 Å². The van der Waals surface area contributed by atoms with Crippen molar-refractivity contribution in [1.29, 1.82) is 0 Å². The smallest absolute Gasteiger partial charge is 0.266 e. The molecule has 0 bridgehead atoms. The molecule has 2 aromatic carbocycles. The number of hydrogen-bond donors (Lipinski definition) is 1. The Morgan fingerprint density at radius 2 is 2.04 bits per heavy atom. The second-order valence-corrected chi connectivity index (χ2v) is 7.37. The summed E-state index contributed by atoms with van der Waals surface area (Å²) in [6.07, 6.45) is 1.19. The molecule has 6 heteroatoms. The number of thiophene rings is 1. The highest BCUT2D eigenvalue weighted by atomic mass is 32.1. The Labute approximate surface area is 154 Å². The Morgan fingerprint density at radius 1 is 1.23 bits per heavy atom. The molecule has 1 fully saturated rings. The number of rotatable bonds is 3. The fraction of sp³-hybridized carbons (Fsp3) is 0.200. The summed E-state index contributed by atoms with van der Waals surface area (Å²) in [5, 5.41) is 3.81. The van der Waals surface area contributed by atoms with Crippen LogP contribution in [0.2, 0.25) is 0 Å². The molecule has 1 N–H and O–H groups in total. The van der Waals surface area contributed by atoms with E-state index in [1.54, 1.807) is 12.1 Å². The van der Waals surface area contributed by atoms with E-state index in [9.17, 15) is 14.0 Å². The minimum absolute atomic E-state index is 0.0680. The van der Waals surface area contributed by atoms with E-state index >= 15 is 0 Å². The van der Waals surface area contributed by atoms with E-state index in [0.717, 1.165) is 22.1 Å². The molecule has 4 nitrogen and oxygen atoms in total. The lowest BCUT2D eigenvalue weighted by Crippen LogP contribution is -2.24. The van der Waals surface area contributed by atoms with Crippen molar-refractivity contribution in [3.63, 3.8) is 0 Å². The van der Waals surface area contributed by atoms with Gasteiger partial charge in [-0.25, -0.2) is 4.39 Å². The van der Waals surface area contributed by atoms with Crippen molar-refractivity contribution < 1.29 is 14.0 Å². The van der Waals surface area contributed by atoms with Crippen LogP contribution >= 0.6 is 11.3 Å². The van der Waals surface area contributed by atoms with Gasteiger partial charge in [-0.2, -0.15) is 0 Å². The fourth-order valence-corrected chi connectivity index (χ4v) is 4.39. The van der Waals surface area contributed by atoms with E-state index in [2.05, 4.69) is 5.32 Å². The van der Waals surface area contributed by atoms with Crippen LogP contribution in [0.1, 0.15) is 28.1 Å². The zero-order valence-corrected chi connectivity index (χ0v) is 15.0. The van der Waals surface area contributed by atoms with Gasteiger partial charge in [-0.15, -0.1) is 11.3 Å². The normalized spacial score (nSPS) is 14.2. The number of benzene rings is 2. The summed E-state index contributed by atoms with van der Waals surface area (Å²) in [6, 6.07) is 12.3. The maximum absolute atomic E-state index is 14.4. The van der Waals surface area contributed by atoms with Crippen LogP contribution in [-0.4, -0.2) is 18.4 Å². The summed E-state index contributed by atoms with van der Waals surface area (Å²) in [5.74, 6) is -0.833. The Bertz CT molecular complexity index is 1030. The van der Waals surface area contributed by atoms with Gasteiger partial charge in [0.15, 0.2) is 0 Å². The number of nitrogens with zero attached hydrogens (tertiary/aromatic N) is 1. The summed E-state index contributed by atoms with van der Waals surface area (Å²) < 4.78 is 15.5. The highest BCUT2D eigenvalue weighted by Crippen LogP contribution is 2.32. The second kappa shape index (κ2) is 6.53. The highest BCUT2D eigenvalue weighted by molar-refractivity contribution is 7.21. The first kappa shape index (κ1) is 16.7. The lowest BCUT2D eigenvalue weighted by Gasteiger charge is -2.17. The van der Waals surface area contributed by atoms with E-state index in [1.165, 1.54) is 22.3 Å². The number of amides is 2. The van der Waals surface area contributed by atoms with Gasteiger partial charge in [0.1, 0.15) is 5.82 Å². The minimum atomic E-state index is -0.508. The predicted octanol–water partition coefficient (Wildman–Crippen LogP) is 4.73. The molecule has 3 aromatic rings. The number of hydrogen-bond acceptors (Lipinski definition) is 3. The van der Waals surface area contributed by atoms with Gasteiger partial charge in [-0.05, 0) is 48.6 Å². The minimum Gasteiger partial charge on any atom is -0.321 e. The molecule has 1 aliphatic rings. The van der Waals surface area contributed by atoms with E-state index < -0.39 is 5.82 Å². The molecule has 2 amide bonds. The van der Waals surface area contributed by atoms with Crippen molar-refractivity contribution in [2.75, 3.05) is 16.8 Å². The third-order valence-corrected chi connectivity index (χ3v) is 5.89. The lowest BCUT2D eigenvalue weighted by molar-refractivity contribution is -0.117. The molecule has 0 saturated carbocycles. The topological polar surface area (TPSA) is 49.4 Å². The second-order valence-electron chi connectivity index (χ2n) is 6.32. The molecule has 1 aromatic heterocycles. The number of halogens is 1. The number of carbonyl (C=O) groups is 2. The summed E-state index contributed by atoms with van der Waals surface area (Å²) in [4.78, 5) is 26.5. The van der Waals surface area contributed by atoms with Gasteiger partial charge in [0.05, 0.1) is 10.6 Å². The highest BCUT2D eigenvalue weighted by Gasteiger charge is 2.24. The molecule has 0 aliphatic carbocycles. The summed E-state index contributed by atoms with van der Waals surface area (Å²) in [6.45, 7) is 2.44. The van der Waals surface area contributed by atoms with E-state index in [4.69, 9.17) is 0 Å². The maximum atomic E-state index is 14.4. The van der Waals surface area contributed by atoms with Crippen LogP contribution in [0.4, 0.5) is 15.8 Å². The molecule has 26 heavy (non-hydrogen) atoms. The van der Waals surface area contributed by atoms with Crippen LogP contribution in [0.25, 0.3) is 10.1 Å². The molecule has 0 atom stereocenters. The first-order valence-corrected chi connectivity index (χ1v) is 9.25. The Balaban J connectivity index is 1.58. The van der Waals surface area contributed by atoms with Crippen LogP contribution in [0.15, 0.2) is 42.5 Å². The van der Waals surface area contributed by atoms with Gasteiger partial charge >= 0.3 is 0 Å². The molecule has 4 rings (SSSR count). The largest absolute Gasteiger partial charge is 0.321 e. The van der Waals surface area contributed by atoms with Crippen molar-refractivity contribution in [2.24, 2.45) is 0 Å². The fourth-order valence-electron chi connectivity index (χ4n) is 3.29. The van der Waals surface area contributed by atoms with Gasteiger partial charge in [-0.1, -0.05) is 18.2 Å². The van der Waals surface area contributed by atoms with Crippen molar-refractivity contribution in [3.05, 3.63) is 58.7 Å². The number of aryl methyl sites for hydroxylation is 1. The monoisotopic (exact) mass is 368 g/mol. The molecule has 132 valence electrons. The molecular formula is C20H17FN2O2S. The van der Waals surface area contributed by atoms with Crippen LogP contribution in [0.3, 0.4) is 0 Å². The average molecular weight is 368 g/mol. The zero-order valence-electron chi connectivity index (χ0n) is 14.2. The molecule has 0 radical (unpaired) electrons. The molecule has 0 unspecified atom stereocenters. The SMILES string of the molecule is Cc1c(C(=O)Nc2ccc(N3CCCC3=O)c(F)c2)sc2ccccc12. The zero-order chi connectivity index (χ0) is 18.3. The average Bonchev–Trinajstić information content (AvgIpc) is 3.19. The van der Waals surface area contributed by atoms with Crippen molar-refractivity contribution in [3.8, 4) is 0 Å². The van der Waals surface area contributed by atoms with E-state index in [1.807, 2.05) is 31.2 Å². The number of carbonyl (C=O) groups excluding carboxylic acids is 2. The molecule has 2 heterocycles. The summed E-state index contributed by atoms with van der Waals surface area (Å²) in [7, 11) is 0. The van der Waals surface area contributed by atoms with Crippen LogP contribution in [0, 0.1) is 12.7 Å². The Hall–Kier alpha value is -2.73. The molecule has 1 aliphatic heterocycles. The maximum Gasteiger partial charge on any atom is 0.266 e. The van der Waals surface area contributed by atoms with Crippen LogP contribution in [-0.2, 0) is 4.79 Å². The van der Waals surface area contributed by atoms with Crippen molar-refractivity contribution >= 4 is 44.6 Å². The van der Waals surface area contributed by atoms with Gasteiger partial charge in [-0.3, -0.25) is 9.59 Å². The third-order valence-electron chi connectivity index (χ3n) is 4.62. The van der Waals surface area contributed by atoms with Gasteiger partial charge in [0.2, 0.25) is 5.91 Å². The quantitative estimate of drug-likeness (QED) is 0.727. The molecule has 0 spiro atoms. The number of fused-ring (bicyclic) bond motifs is 1. The number of nitrogens with one attached hydrogen (secondary N) is 1. The lowest BCUT2D eigenvalue weighted by atomic mass is 10.1. The van der Waals surface area contributed by atoms with Crippen molar-refractivity contribution in [2.45, 2.75) is 19.8 Å². The molecule has 1 saturated heterocycles. The van der Waals surface area contributed by atoms with E-state index in [-0.39, 0.29) is 17.5 Å². The number of anilines is 2. The Morgan fingerprint density at radius 3 is 2.73 bits per heavy atom. The van der Waals surface area contributed by atoms with Gasteiger partial charge in [0.25, 0.3) is 5.91 Å². The van der Waals surface area contributed by atoms with Gasteiger partial charge < -0.3 is 10.2 Å². The molecular weight excluding hydrogens is 351 g/mol. The first-order chi connectivity index (χ1) is 12.5.